The largest absolute Gasteiger partial charge is 0.396 e. The number of benzene rings is 2. The van der Waals surface area contributed by atoms with Crippen LogP contribution in [0.5, 0.6) is 0 Å². The van der Waals surface area contributed by atoms with Crippen LogP contribution in [0, 0.1) is 17.2 Å². The first-order chi connectivity index (χ1) is 21.2. The molecular weight excluding hydrogens is 601 g/mol. The Labute approximate surface area is 277 Å². The molecule has 2 rings (SSSR count). The number of halogens is 1. The van der Waals surface area contributed by atoms with Crippen LogP contribution in [-0.4, -0.2) is 59.1 Å². The predicted octanol–water partition coefficient (Wildman–Crippen LogP) is 6.29. The third-order valence-electron chi connectivity index (χ3n) is 8.34. The number of hydrogen-bond acceptors (Lipinski definition) is 5. The summed E-state index contributed by atoms with van der Waals surface area (Å²) in [7, 11) is 2.45. The number of aliphatic hydroxyl groups is 1. The number of nitrogens with one attached hydrogen (secondary N) is 3. The zero-order valence-corrected chi connectivity index (χ0v) is 30.1. The van der Waals surface area contributed by atoms with Crippen LogP contribution >= 0.6 is 10.7 Å². The van der Waals surface area contributed by atoms with Crippen molar-refractivity contribution < 1.29 is 19.1 Å². The first kappa shape index (κ1) is 38.7. The Morgan fingerprint density at radius 3 is 2.11 bits per heavy atom. The Morgan fingerprint density at radius 2 is 1.63 bits per heavy atom. The lowest BCUT2D eigenvalue weighted by Gasteiger charge is -2.42. The van der Waals surface area contributed by atoms with E-state index in [4.69, 9.17) is 5.73 Å². The Bertz CT molecular complexity index is 1460. The van der Waals surface area contributed by atoms with E-state index < -0.39 is 39.9 Å². The van der Waals surface area contributed by atoms with Crippen LogP contribution in [0.3, 0.4) is 0 Å². The molecule has 254 valence electrons. The minimum atomic E-state index is -1.25. The van der Waals surface area contributed by atoms with Gasteiger partial charge in [-0.05, 0) is 66.7 Å². The number of nitrogens with two attached hydrogens (primary N) is 1. The molecule has 46 heavy (non-hydrogen) atoms. The SMILES string of the molecule is C=C([C@@H](NC(=O)[C@@H](NC)C(C)(C)c1ccccc1)C(C)(C)C)N(C)[C@H](/C=C(\C)C(=O)N/S(=C(/C)O)c1ccc(N)c(F)c1)C(C)C. The van der Waals surface area contributed by atoms with Crippen molar-refractivity contribution in [2.75, 3.05) is 19.8 Å². The number of nitrogen functional groups attached to an aromatic ring is 1. The molecule has 0 radical (unpaired) electrons. The first-order valence-electron chi connectivity index (χ1n) is 15.5. The highest BCUT2D eigenvalue weighted by Crippen LogP contribution is 2.32. The summed E-state index contributed by atoms with van der Waals surface area (Å²) in [5.74, 6) is -1.10. The van der Waals surface area contributed by atoms with Gasteiger partial charge in [-0.2, -0.15) is 0 Å². The molecule has 0 saturated heterocycles. The van der Waals surface area contributed by atoms with E-state index in [-0.39, 0.29) is 34.0 Å². The number of likely N-dealkylation sites (N-methyl/N-ethyl adjacent to an activating group) is 2. The minimum absolute atomic E-state index is 0.0144. The molecule has 0 fully saturated rings. The fourth-order valence-electron chi connectivity index (χ4n) is 5.47. The molecule has 0 aliphatic heterocycles. The third kappa shape index (κ3) is 9.53. The van der Waals surface area contributed by atoms with E-state index in [9.17, 15) is 19.1 Å². The molecule has 10 heteroatoms. The zero-order chi connectivity index (χ0) is 35.1. The molecule has 0 saturated carbocycles. The number of rotatable bonds is 13. The van der Waals surface area contributed by atoms with Gasteiger partial charge in [-0.1, -0.05) is 91.5 Å². The molecule has 2 aromatic rings. The van der Waals surface area contributed by atoms with Crippen molar-refractivity contribution in [3.05, 3.63) is 83.8 Å². The Morgan fingerprint density at radius 1 is 1.04 bits per heavy atom. The highest BCUT2D eigenvalue weighted by atomic mass is 32.2. The van der Waals surface area contributed by atoms with Gasteiger partial charge in [0.2, 0.25) is 5.91 Å². The second kappa shape index (κ2) is 15.9. The van der Waals surface area contributed by atoms with Gasteiger partial charge in [0.15, 0.2) is 0 Å². The van der Waals surface area contributed by atoms with Gasteiger partial charge in [0.1, 0.15) is 5.82 Å². The summed E-state index contributed by atoms with van der Waals surface area (Å²) in [6.45, 7) is 22.0. The molecule has 2 amide bonds. The van der Waals surface area contributed by atoms with Crippen molar-refractivity contribution in [2.45, 2.75) is 90.7 Å². The minimum Gasteiger partial charge on any atom is -0.396 e. The first-order valence-corrected chi connectivity index (χ1v) is 16.7. The summed E-state index contributed by atoms with van der Waals surface area (Å²) in [5, 5.41) is 16.8. The smallest absolute Gasteiger partial charge is 0.256 e. The molecule has 0 aliphatic carbocycles. The normalized spacial score (nSPS) is 15.4. The average molecular weight is 656 g/mol. The van der Waals surface area contributed by atoms with E-state index in [0.717, 1.165) is 5.56 Å². The van der Waals surface area contributed by atoms with Gasteiger partial charge < -0.3 is 26.4 Å². The fraction of sp³-hybridized carbons (Fsp3) is 0.472. The van der Waals surface area contributed by atoms with Crippen LogP contribution in [0.25, 0.3) is 0 Å². The van der Waals surface area contributed by atoms with Crippen molar-refractivity contribution in [3.63, 3.8) is 0 Å². The molecule has 0 spiro atoms. The summed E-state index contributed by atoms with van der Waals surface area (Å²) < 4.78 is 17.0. The summed E-state index contributed by atoms with van der Waals surface area (Å²) in [4.78, 5) is 29.7. The molecule has 1 unspecified atom stereocenters. The summed E-state index contributed by atoms with van der Waals surface area (Å²) in [6.07, 6.45) is 1.86. The van der Waals surface area contributed by atoms with Crippen molar-refractivity contribution >= 4 is 33.2 Å². The highest BCUT2D eigenvalue weighted by Gasteiger charge is 2.39. The zero-order valence-electron chi connectivity index (χ0n) is 29.3. The summed E-state index contributed by atoms with van der Waals surface area (Å²) in [6, 6.07) is 13.0. The number of anilines is 1. The number of amides is 2. The Hall–Kier alpha value is -3.47. The van der Waals surface area contributed by atoms with Crippen LogP contribution in [0.15, 0.2) is 77.4 Å². The Balaban J connectivity index is 2.36. The molecular formula is C36H54FN5O3S. The van der Waals surface area contributed by atoms with E-state index in [2.05, 4.69) is 56.6 Å². The van der Waals surface area contributed by atoms with Gasteiger partial charge in [-0.15, -0.1) is 0 Å². The van der Waals surface area contributed by atoms with Crippen LogP contribution in [0.1, 0.15) is 67.9 Å². The molecule has 6 N–H and O–H groups in total. The molecule has 2 aromatic carbocycles. The monoisotopic (exact) mass is 655 g/mol. The standard InChI is InChI=1S/C36H54FN5O3S/c1-22(2)30(20-23(3)33(44)41-46(25(5)43)27-18-19-29(38)28(37)21-27)42(12)24(4)31(35(6,7)8)40-34(45)32(39-11)36(9,10)26-16-14-13-15-17-26/h13-22,30-32,39,43H,4,38H2,1-3,5-12H3,(H,40,45)(H,41,44)/b23-20+/t30-,31-,32-,46?/m1/s1. The molecule has 0 aliphatic rings. The van der Waals surface area contributed by atoms with Crippen molar-refractivity contribution in [3.8, 4) is 0 Å². The second-order valence-electron chi connectivity index (χ2n) is 13.7. The van der Waals surface area contributed by atoms with E-state index in [1.54, 1.807) is 20.0 Å². The quantitative estimate of drug-likeness (QED) is 0.0984. The topological polar surface area (TPSA) is 120 Å². The van der Waals surface area contributed by atoms with Gasteiger partial charge in [0, 0.05) is 34.7 Å². The lowest BCUT2D eigenvalue weighted by molar-refractivity contribution is -0.125. The van der Waals surface area contributed by atoms with Gasteiger partial charge in [0.25, 0.3) is 5.91 Å². The number of carbonyl (C=O) groups is 2. The van der Waals surface area contributed by atoms with Crippen molar-refractivity contribution in [1.29, 1.82) is 0 Å². The summed E-state index contributed by atoms with van der Waals surface area (Å²) in [5.41, 5.74) is 6.89. The van der Waals surface area contributed by atoms with Crippen LogP contribution in [0.4, 0.5) is 10.1 Å². The maximum absolute atomic E-state index is 14.2. The number of carbonyl (C=O) groups excluding carboxylic acids is 2. The van der Waals surface area contributed by atoms with Crippen molar-refractivity contribution in [1.82, 2.24) is 20.3 Å². The van der Waals surface area contributed by atoms with Gasteiger partial charge in [0.05, 0.1) is 22.8 Å². The highest BCUT2D eigenvalue weighted by molar-refractivity contribution is 8.14. The number of aliphatic hydroxyl groups excluding tert-OH is 1. The summed E-state index contributed by atoms with van der Waals surface area (Å²) >= 11 is 0. The Kier molecular flexibility index (Phi) is 13.4. The van der Waals surface area contributed by atoms with E-state index in [0.29, 0.717) is 16.2 Å². The van der Waals surface area contributed by atoms with E-state index in [1.807, 2.05) is 62.2 Å². The molecule has 8 nitrogen and oxygen atoms in total. The van der Waals surface area contributed by atoms with Gasteiger partial charge in [-0.3, -0.25) is 14.3 Å². The van der Waals surface area contributed by atoms with Gasteiger partial charge in [-0.25, -0.2) is 4.39 Å². The van der Waals surface area contributed by atoms with E-state index in [1.165, 1.54) is 19.1 Å². The molecule has 0 bridgehead atoms. The number of nitrogens with zero attached hydrogens (tertiary/aromatic N) is 1. The molecule has 0 aromatic heterocycles. The van der Waals surface area contributed by atoms with Crippen molar-refractivity contribution in [2.24, 2.45) is 11.3 Å². The molecule has 0 heterocycles. The number of hydrogen-bond donors (Lipinski definition) is 5. The molecule has 4 atom stereocenters. The third-order valence-corrected chi connectivity index (χ3v) is 10.0. The average Bonchev–Trinajstić information content (AvgIpc) is 2.97. The van der Waals surface area contributed by atoms with Crippen LogP contribution in [0.2, 0.25) is 0 Å². The van der Waals surface area contributed by atoms with Crippen LogP contribution < -0.4 is 21.1 Å². The lowest BCUT2D eigenvalue weighted by Crippen LogP contribution is -2.58. The lowest BCUT2D eigenvalue weighted by atomic mass is 9.76. The fourth-order valence-corrected chi connectivity index (χ4v) is 6.85. The predicted molar refractivity (Wildman–Crippen MR) is 191 cm³/mol. The van der Waals surface area contributed by atoms with Gasteiger partial charge >= 0.3 is 0 Å². The maximum Gasteiger partial charge on any atom is 0.256 e. The maximum atomic E-state index is 14.2. The van der Waals surface area contributed by atoms with Crippen LogP contribution in [-0.2, 0) is 15.0 Å². The van der Waals surface area contributed by atoms with E-state index >= 15 is 0 Å². The second-order valence-corrected chi connectivity index (χ2v) is 15.6.